The van der Waals surface area contributed by atoms with Crippen LogP contribution in [0.1, 0.15) is 15.9 Å². The van der Waals surface area contributed by atoms with E-state index in [2.05, 4.69) is 10.1 Å². The highest BCUT2D eigenvalue weighted by atomic mass is 19.3. The second kappa shape index (κ2) is 8.14. The zero-order valence-electron chi connectivity index (χ0n) is 13.2. The molecular formula is C17H17F2NO4. The number of ether oxygens (including phenoxy) is 3. The highest BCUT2D eigenvalue weighted by Crippen LogP contribution is 2.30. The van der Waals surface area contributed by atoms with E-state index in [0.29, 0.717) is 17.1 Å². The molecule has 0 radical (unpaired) electrons. The molecule has 0 spiro atoms. The molecule has 1 N–H and O–H groups in total. The van der Waals surface area contributed by atoms with E-state index in [1.165, 1.54) is 32.4 Å². The molecule has 0 saturated heterocycles. The van der Waals surface area contributed by atoms with Crippen LogP contribution < -0.4 is 19.5 Å². The molecule has 1 amide bonds. The standard InChI is InChI=1S/C17H17F2NO4/c1-22-14-9-5-6-11(15(14)23-2)10-20-16(21)12-7-3-4-8-13(12)24-17(18)19/h3-9,17H,10H2,1-2H3,(H,20,21). The number of hydrogen-bond acceptors (Lipinski definition) is 4. The van der Waals surface area contributed by atoms with Crippen LogP contribution in [-0.2, 0) is 6.54 Å². The van der Waals surface area contributed by atoms with Crippen molar-refractivity contribution in [2.45, 2.75) is 13.2 Å². The van der Waals surface area contributed by atoms with Gasteiger partial charge in [-0.2, -0.15) is 8.78 Å². The molecule has 0 aromatic heterocycles. The third-order valence-corrected chi connectivity index (χ3v) is 3.27. The van der Waals surface area contributed by atoms with Gasteiger partial charge in [-0.05, 0) is 18.2 Å². The van der Waals surface area contributed by atoms with Gasteiger partial charge in [-0.15, -0.1) is 0 Å². The first kappa shape index (κ1) is 17.5. The summed E-state index contributed by atoms with van der Waals surface area (Å²) in [6, 6.07) is 11.1. The molecule has 0 aliphatic heterocycles. The fourth-order valence-electron chi connectivity index (χ4n) is 2.22. The van der Waals surface area contributed by atoms with Crippen LogP contribution in [0.3, 0.4) is 0 Å². The van der Waals surface area contributed by atoms with E-state index in [1.54, 1.807) is 24.3 Å². The normalized spacial score (nSPS) is 10.4. The fraction of sp³-hybridized carbons (Fsp3) is 0.235. The number of halogens is 2. The first-order chi connectivity index (χ1) is 11.6. The Morgan fingerprint density at radius 2 is 1.75 bits per heavy atom. The predicted molar refractivity (Wildman–Crippen MR) is 83.8 cm³/mol. The molecular weight excluding hydrogens is 320 g/mol. The molecule has 0 aliphatic rings. The van der Waals surface area contributed by atoms with Crippen molar-refractivity contribution in [3.63, 3.8) is 0 Å². The Bertz CT molecular complexity index is 707. The minimum atomic E-state index is -3.00. The van der Waals surface area contributed by atoms with E-state index >= 15 is 0 Å². The first-order valence-electron chi connectivity index (χ1n) is 7.08. The highest BCUT2D eigenvalue weighted by Gasteiger charge is 2.16. The van der Waals surface area contributed by atoms with Crippen LogP contribution in [0.25, 0.3) is 0 Å². The van der Waals surface area contributed by atoms with Crippen molar-refractivity contribution in [2.75, 3.05) is 14.2 Å². The van der Waals surface area contributed by atoms with Gasteiger partial charge in [-0.25, -0.2) is 0 Å². The minimum absolute atomic E-state index is 0.0275. The summed E-state index contributed by atoms with van der Waals surface area (Å²) in [5.41, 5.74) is 0.720. The van der Waals surface area contributed by atoms with Crippen LogP contribution in [-0.4, -0.2) is 26.7 Å². The van der Waals surface area contributed by atoms with Gasteiger partial charge >= 0.3 is 6.61 Å². The minimum Gasteiger partial charge on any atom is -0.493 e. The summed E-state index contributed by atoms with van der Waals surface area (Å²) in [6.07, 6.45) is 0. The number of carbonyl (C=O) groups excluding carboxylic acids is 1. The molecule has 2 aromatic rings. The summed E-state index contributed by atoms with van der Waals surface area (Å²) in [7, 11) is 3.01. The lowest BCUT2D eigenvalue weighted by atomic mass is 10.1. The molecule has 0 unspecified atom stereocenters. The third kappa shape index (κ3) is 4.13. The van der Waals surface area contributed by atoms with Crippen LogP contribution >= 0.6 is 0 Å². The van der Waals surface area contributed by atoms with Gasteiger partial charge in [0.1, 0.15) is 5.75 Å². The number of benzene rings is 2. The van der Waals surface area contributed by atoms with Crippen LogP contribution in [0.4, 0.5) is 8.78 Å². The molecule has 24 heavy (non-hydrogen) atoms. The summed E-state index contributed by atoms with van der Waals surface area (Å²) in [5, 5.41) is 2.66. The topological polar surface area (TPSA) is 56.8 Å². The van der Waals surface area contributed by atoms with Crippen molar-refractivity contribution < 1.29 is 27.8 Å². The van der Waals surface area contributed by atoms with Gasteiger partial charge in [0.25, 0.3) is 5.91 Å². The average Bonchev–Trinajstić information content (AvgIpc) is 2.59. The number of methoxy groups -OCH3 is 2. The SMILES string of the molecule is COc1cccc(CNC(=O)c2ccccc2OC(F)F)c1OC. The molecule has 2 rings (SSSR count). The van der Waals surface area contributed by atoms with E-state index in [-0.39, 0.29) is 17.9 Å². The summed E-state index contributed by atoms with van der Waals surface area (Å²) < 4.78 is 39.7. The molecule has 0 heterocycles. The molecule has 0 atom stereocenters. The lowest BCUT2D eigenvalue weighted by molar-refractivity contribution is -0.0501. The van der Waals surface area contributed by atoms with E-state index in [4.69, 9.17) is 9.47 Å². The fourth-order valence-corrected chi connectivity index (χ4v) is 2.22. The molecule has 7 heteroatoms. The maximum absolute atomic E-state index is 12.4. The second-order valence-corrected chi connectivity index (χ2v) is 4.71. The van der Waals surface area contributed by atoms with E-state index in [9.17, 15) is 13.6 Å². The Morgan fingerprint density at radius 1 is 1.04 bits per heavy atom. The van der Waals surface area contributed by atoms with Crippen molar-refractivity contribution in [1.82, 2.24) is 5.32 Å². The molecule has 0 aliphatic carbocycles. The first-order valence-corrected chi connectivity index (χ1v) is 7.08. The summed E-state index contributed by atoms with van der Waals surface area (Å²) in [5.74, 6) is 0.321. The van der Waals surface area contributed by atoms with Crippen molar-refractivity contribution in [3.8, 4) is 17.2 Å². The lowest BCUT2D eigenvalue weighted by Crippen LogP contribution is -2.24. The van der Waals surface area contributed by atoms with Gasteiger partial charge in [0.15, 0.2) is 11.5 Å². The van der Waals surface area contributed by atoms with Crippen LogP contribution in [0.2, 0.25) is 0 Å². The molecule has 5 nitrogen and oxygen atoms in total. The zero-order valence-corrected chi connectivity index (χ0v) is 13.2. The largest absolute Gasteiger partial charge is 0.493 e. The molecule has 0 saturated carbocycles. The van der Waals surface area contributed by atoms with Crippen molar-refractivity contribution in [1.29, 1.82) is 0 Å². The van der Waals surface area contributed by atoms with E-state index in [0.717, 1.165) is 0 Å². The van der Waals surface area contributed by atoms with Crippen LogP contribution in [0, 0.1) is 0 Å². The average molecular weight is 337 g/mol. The summed E-state index contributed by atoms with van der Waals surface area (Å²) >= 11 is 0. The number of carbonyl (C=O) groups is 1. The summed E-state index contributed by atoms with van der Waals surface area (Å²) in [6.45, 7) is -2.86. The third-order valence-electron chi connectivity index (χ3n) is 3.27. The van der Waals surface area contributed by atoms with Crippen molar-refractivity contribution in [3.05, 3.63) is 53.6 Å². The highest BCUT2D eigenvalue weighted by molar-refractivity contribution is 5.96. The smallest absolute Gasteiger partial charge is 0.387 e. The predicted octanol–water partition coefficient (Wildman–Crippen LogP) is 3.24. The van der Waals surface area contributed by atoms with Gasteiger partial charge in [-0.3, -0.25) is 4.79 Å². The maximum atomic E-state index is 12.4. The molecule has 0 bridgehead atoms. The molecule has 0 fully saturated rings. The number of para-hydroxylation sites is 2. The van der Waals surface area contributed by atoms with Gasteiger partial charge in [0.05, 0.1) is 19.8 Å². The Labute approximate surface area is 138 Å². The van der Waals surface area contributed by atoms with E-state index < -0.39 is 12.5 Å². The number of nitrogens with one attached hydrogen (secondary N) is 1. The van der Waals surface area contributed by atoms with E-state index in [1.807, 2.05) is 0 Å². The van der Waals surface area contributed by atoms with Crippen LogP contribution in [0.15, 0.2) is 42.5 Å². The van der Waals surface area contributed by atoms with Gasteiger partial charge in [-0.1, -0.05) is 24.3 Å². The number of amides is 1. The second-order valence-electron chi connectivity index (χ2n) is 4.71. The number of alkyl halides is 2. The number of rotatable bonds is 7. The molecule has 2 aromatic carbocycles. The van der Waals surface area contributed by atoms with Crippen molar-refractivity contribution >= 4 is 5.91 Å². The zero-order chi connectivity index (χ0) is 17.5. The Morgan fingerprint density at radius 3 is 2.42 bits per heavy atom. The maximum Gasteiger partial charge on any atom is 0.387 e. The van der Waals surface area contributed by atoms with Gasteiger partial charge in [0.2, 0.25) is 0 Å². The van der Waals surface area contributed by atoms with Gasteiger partial charge in [0, 0.05) is 12.1 Å². The molecule has 128 valence electrons. The van der Waals surface area contributed by atoms with Crippen molar-refractivity contribution in [2.24, 2.45) is 0 Å². The van der Waals surface area contributed by atoms with Crippen LogP contribution in [0.5, 0.6) is 17.2 Å². The Kier molecular flexibility index (Phi) is 5.95. The Balaban J connectivity index is 2.15. The quantitative estimate of drug-likeness (QED) is 0.843. The van der Waals surface area contributed by atoms with Gasteiger partial charge < -0.3 is 19.5 Å². The number of hydrogen-bond donors (Lipinski definition) is 1. The Hall–Kier alpha value is -2.83. The lowest BCUT2D eigenvalue weighted by Gasteiger charge is -2.14. The monoisotopic (exact) mass is 337 g/mol. The summed E-state index contributed by atoms with van der Waals surface area (Å²) in [4.78, 5) is 12.3.